The van der Waals surface area contributed by atoms with E-state index in [1.807, 2.05) is 54.9 Å². The molecule has 4 aromatic carbocycles. The van der Waals surface area contributed by atoms with E-state index < -0.39 is 11.5 Å². The third-order valence-electron chi connectivity index (χ3n) is 8.68. The van der Waals surface area contributed by atoms with Gasteiger partial charge in [-0.2, -0.15) is 0 Å². The fourth-order valence-corrected chi connectivity index (χ4v) is 6.34. The van der Waals surface area contributed by atoms with Gasteiger partial charge >= 0.3 is 6.09 Å². The molecule has 1 fully saturated rings. The Bertz CT molecular complexity index is 1640. The van der Waals surface area contributed by atoms with Crippen molar-refractivity contribution in [3.05, 3.63) is 156 Å². The van der Waals surface area contributed by atoms with E-state index >= 15 is 0 Å². The number of ketones is 1. The number of rotatable bonds is 9. The highest BCUT2D eigenvalue weighted by atomic mass is 16.4. The van der Waals surface area contributed by atoms with Gasteiger partial charge in [0.25, 0.3) is 0 Å². The number of imidazole rings is 1. The van der Waals surface area contributed by atoms with Crippen LogP contribution in [0.2, 0.25) is 0 Å². The molecule has 6 rings (SSSR count). The molecule has 1 aliphatic rings. The molecule has 0 unspecified atom stereocenters. The molecule has 0 radical (unpaired) electrons. The highest BCUT2D eigenvalue weighted by Crippen LogP contribution is 2.41. The number of aromatic nitrogens is 2. The highest BCUT2D eigenvalue weighted by Gasteiger charge is 2.37. The number of carbonyl (C=O) groups is 2. The molecule has 0 bridgehead atoms. The van der Waals surface area contributed by atoms with Crippen LogP contribution in [-0.4, -0.2) is 44.5 Å². The molecule has 1 aromatic heterocycles. The Hall–Kier alpha value is -5.23. The maximum absolute atomic E-state index is 13.0. The number of hydrogen-bond acceptors (Lipinski definition) is 3. The first-order valence-electron chi connectivity index (χ1n) is 15.0. The largest absolute Gasteiger partial charge is 0.465 e. The third-order valence-corrected chi connectivity index (χ3v) is 8.68. The number of nitrogens with zero attached hydrogens (tertiary/aromatic N) is 3. The van der Waals surface area contributed by atoms with E-state index in [0.717, 1.165) is 16.8 Å². The van der Waals surface area contributed by atoms with Crippen molar-refractivity contribution in [2.24, 2.45) is 5.92 Å². The van der Waals surface area contributed by atoms with Crippen LogP contribution in [0.4, 0.5) is 4.79 Å². The lowest BCUT2D eigenvalue weighted by atomic mass is 9.69. The molecular formula is C38H35N3O3. The van der Waals surface area contributed by atoms with Gasteiger partial charge in [0.2, 0.25) is 0 Å². The Kier molecular flexibility index (Phi) is 8.50. The van der Waals surface area contributed by atoms with Crippen molar-refractivity contribution in [2.45, 2.75) is 24.8 Å². The number of amides is 1. The second-order valence-electron chi connectivity index (χ2n) is 11.3. The number of benzene rings is 4. The van der Waals surface area contributed by atoms with Gasteiger partial charge in [-0.15, -0.1) is 0 Å². The van der Waals surface area contributed by atoms with E-state index in [4.69, 9.17) is 4.98 Å². The Morgan fingerprint density at radius 2 is 1.30 bits per heavy atom. The molecule has 1 N–H and O–H groups in total. The summed E-state index contributed by atoms with van der Waals surface area (Å²) < 4.78 is 2.16. The predicted octanol–water partition coefficient (Wildman–Crippen LogP) is 7.56. The van der Waals surface area contributed by atoms with Crippen molar-refractivity contribution >= 4 is 18.0 Å². The summed E-state index contributed by atoms with van der Waals surface area (Å²) >= 11 is 0. The summed E-state index contributed by atoms with van der Waals surface area (Å²) in [4.78, 5) is 30.4. The Labute approximate surface area is 257 Å². The lowest BCUT2D eigenvalue weighted by Gasteiger charge is -2.36. The van der Waals surface area contributed by atoms with Crippen molar-refractivity contribution in [1.29, 1.82) is 0 Å². The molecule has 1 aliphatic heterocycles. The fourth-order valence-electron chi connectivity index (χ4n) is 6.34. The normalized spacial score (nSPS) is 14.1. The first kappa shape index (κ1) is 28.9. The Balaban J connectivity index is 1.31. The average molecular weight is 582 g/mol. The second kappa shape index (κ2) is 13.0. The summed E-state index contributed by atoms with van der Waals surface area (Å²) in [5.74, 6) is -0.121. The van der Waals surface area contributed by atoms with Gasteiger partial charge in [0, 0.05) is 37.3 Å². The maximum atomic E-state index is 13.0. The molecule has 220 valence electrons. The minimum atomic E-state index is -0.923. The molecule has 0 atom stereocenters. The van der Waals surface area contributed by atoms with Crippen molar-refractivity contribution in [1.82, 2.24) is 14.5 Å². The van der Waals surface area contributed by atoms with Crippen LogP contribution in [-0.2, 0) is 16.8 Å². The van der Waals surface area contributed by atoms with E-state index in [1.165, 1.54) is 21.6 Å². The topological polar surface area (TPSA) is 75.4 Å². The Morgan fingerprint density at radius 1 is 0.773 bits per heavy atom. The van der Waals surface area contributed by atoms with E-state index in [-0.39, 0.29) is 11.7 Å². The van der Waals surface area contributed by atoms with Gasteiger partial charge in [-0.05, 0) is 41.2 Å². The summed E-state index contributed by atoms with van der Waals surface area (Å²) in [7, 11) is 0. The van der Waals surface area contributed by atoms with Gasteiger partial charge in [-0.1, -0.05) is 121 Å². The van der Waals surface area contributed by atoms with E-state index in [0.29, 0.717) is 32.5 Å². The van der Waals surface area contributed by atoms with E-state index in [9.17, 15) is 14.7 Å². The molecule has 6 nitrogen and oxygen atoms in total. The molecular weight excluding hydrogens is 546 g/mol. The first-order valence-corrected chi connectivity index (χ1v) is 15.0. The number of allylic oxidation sites excluding steroid dienone is 1. The lowest BCUT2D eigenvalue weighted by molar-refractivity contribution is -0.119. The lowest BCUT2D eigenvalue weighted by Crippen LogP contribution is -2.39. The van der Waals surface area contributed by atoms with Gasteiger partial charge < -0.3 is 14.6 Å². The summed E-state index contributed by atoms with van der Waals surface area (Å²) in [5, 5.41) is 9.21. The maximum Gasteiger partial charge on any atom is 0.407 e. The summed E-state index contributed by atoms with van der Waals surface area (Å²) in [5.41, 5.74) is 5.82. The fraction of sp³-hybridized carbons (Fsp3) is 0.184. The molecule has 6 heteroatoms. The molecule has 0 aliphatic carbocycles. The van der Waals surface area contributed by atoms with Crippen LogP contribution in [0, 0.1) is 5.92 Å². The number of likely N-dealkylation sites (tertiary alicyclic amines) is 1. The van der Waals surface area contributed by atoms with Crippen LogP contribution >= 0.6 is 0 Å². The zero-order chi connectivity index (χ0) is 30.4. The first-order chi connectivity index (χ1) is 21.5. The monoisotopic (exact) mass is 581 g/mol. The highest BCUT2D eigenvalue weighted by molar-refractivity contribution is 5.96. The smallest absolute Gasteiger partial charge is 0.407 e. The third kappa shape index (κ3) is 5.97. The van der Waals surface area contributed by atoms with Crippen LogP contribution < -0.4 is 0 Å². The van der Waals surface area contributed by atoms with Crippen LogP contribution in [0.15, 0.2) is 134 Å². The average Bonchev–Trinajstić information content (AvgIpc) is 3.55. The Morgan fingerprint density at radius 3 is 1.84 bits per heavy atom. The second-order valence-corrected chi connectivity index (χ2v) is 11.3. The predicted molar refractivity (Wildman–Crippen MR) is 173 cm³/mol. The minimum absolute atomic E-state index is 0.0359. The van der Waals surface area contributed by atoms with Crippen molar-refractivity contribution in [2.75, 3.05) is 13.1 Å². The number of piperidine rings is 1. The van der Waals surface area contributed by atoms with Gasteiger partial charge in [-0.3, -0.25) is 4.79 Å². The van der Waals surface area contributed by atoms with Gasteiger partial charge in [-0.25, -0.2) is 9.78 Å². The number of hydrogen-bond donors (Lipinski definition) is 1. The summed E-state index contributed by atoms with van der Waals surface area (Å²) in [6.07, 6.45) is 7.65. The minimum Gasteiger partial charge on any atom is -0.465 e. The zero-order valence-corrected chi connectivity index (χ0v) is 24.5. The molecule has 0 spiro atoms. The molecule has 44 heavy (non-hydrogen) atoms. The van der Waals surface area contributed by atoms with E-state index in [2.05, 4.69) is 83.6 Å². The van der Waals surface area contributed by atoms with Crippen LogP contribution in [0.3, 0.4) is 0 Å². The molecule has 1 saturated heterocycles. The SMILES string of the molecule is O=C(C=Cc1ccccc1-c1cn(CC(c2ccccc2)(c2ccccc2)c2ccccc2)cn1)C1CCN(C(=O)O)CC1. The number of carbonyl (C=O) groups excluding carboxylic acids is 1. The van der Waals surface area contributed by atoms with E-state index in [1.54, 1.807) is 6.08 Å². The van der Waals surface area contributed by atoms with Gasteiger partial charge in [0.15, 0.2) is 5.78 Å². The molecule has 2 heterocycles. The molecule has 5 aromatic rings. The standard InChI is InChI=1S/C38H35N3O3/c42-36(30-22-24-41(25-23-30)37(43)44)21-20-29-12-10-11-19-34(29)35-26-40(28-39-35)27-38(31-13-4-1-5-14-31,32-15-6-2-7-16-32)33-17-8-3-9-18-33/h1-21,26,28,30H,22-25,27H2,(H,43,44). The van der Waals surface area contributed by atoms with Gasteiger partial charge in [0.1, 0.15) is 0 Å². The van der Waals surface area contributed by atoms with Crippen LogP contribution in [0.1, 0.15) is 35.1 Å². The van der Waals surface area contributed by atoms with Crippen LogP contribution in [0.25, 0.3) is 17.3 Å². The van der Waals surface area contributed by atoms with Crippen LogP contribution in [0.5, 0.6) is 0 Å². The molecule has 0 saturated carbocycles. The van der Waals surface area contributed by atoms with Crippen molar-refractivity contribution < 1.29 is 14.7 Å². The van der Waals surface area contributed by atoms with Crippen molar-refractivity contribution in [3.63, 3.8) is 0 Å². The summed E-state index contributed by atoms with van der Waals surface area (Å²) in [6, 6.07) is 39.8. The summed E-state index contributed by atoms with van der Waals surface area (Å²) in [6.45, 7) is 1.43. The molecule has 1 amide bonds. The number of carboxylic acid groups (broad SMARTS) is 1. The quantitative estimate of drug-likeness (QED) is 0.144. The van der Waals surface area contributed by atoms with Gasteiger partial charge in [0.05, 0.1) is 17.4 Å². The van der Waals surface area contributed by atoms with Crippen molar-refractivity contribution in [3.8, 4) is 11.3 Å². The zero-order valence-electron chi connectivity index (χ0n) is 24.5.